The number of rotatable bonds is 6. The van der Waals surface area contributed by atoms with E-state index in [2.05, 4.69) is 67.7 Å². The Morgan fingerprint density at radius 3 is 2.24 bits per heavy atom. The third-order valence-electron chi connectivity index (χ3n) is 4.42. The number of hydrogen-bond donors (Lipinski definition) is 1. The Labute approximate surface area is 186 Å². The summed E-state index contributed by atoms with van der Waals surface area (Å²) in [6.07, 6.45) is 1.73. The van der Waals surface area contributed by atoms with Gasteiger partial charge in [0.15, 0.2) is 0 Å². The van der Waals surface area contributed by atoms with Gasteiger partial charge in [0, 0.05) is 15.6 Å². The number of H-pyrrole nitrogens is 1. The summed E-state index contributed by atoms with van der Waals surface area (Å²) < 4.78 is 7.73. The molecule has 4 rings (SSSR count). The number of aromatic amines is 1. The maximum atomic E-state index is 5.94. The normalized spacial score (nSPS) is 10.7. The standard InChI is InChI=1S/C24H18Br2N2O/c1-2-13-29-23-19(14-18(25)15-20(23)26)24-27-21(16-9-5-3-6-10-16)22(28-24)17-11-7-4-8-12-17/h2-12,14-15H,1,13H2,(H,27,28). The lowest BCUT2D eigenvalue weighted by Crippen LogP contribution is -1.97. The van der Waals surface area contributed by atoms with Gasteiger partial charge in [-0.15, -0.1) is 0 Å². The Balaban J connectivity index is 1.93. The molecule has 0 aliphatic heterocycles. The van der Waals surface area contributed by atoms with E-state index in [0.29, 0.717) is 6.61 Å². The first-order valence-corrected chi connectivity index (χ1v) is 10.7. The summed E-state index contributed by atoms with van der Waals surface area (Å²) >= 11 is 7.19. The van der Waals surface area contributed by atoms with Gasteiger partial charge in [-0.2, -0.15) is 0 Å². The van der Waals surface area contributed by atoms with Crippen molar-refractivity contribution in [3.05, 3.63) is 94.4 Å². The Morgan fingerprint density at radius 2 is 1.59 bits per heavy atom. The third kappa shape index (κ3) is 4.21. The summed E-state index contributed by atoms with van der Waals surface area (Å²) in [6, 6.07) is 24.4. The fraction of sp³-hybridized carbons (Fsp3) is 0.0417. The largest absolute Gasteiger partial charge is 0.488 e. The van der Waals surface area contributed by atoms with Crippen molar-refractivity contribution in [3.8, 4) is 39.7 Å². The van der Waals surface area contributed by atoms with Gasteiger partial charge in [0.2, 0.25) is 0 Å². The van der Waals surface area contributed by atoms with Gasteiger partial charge in [0.05, 0.1) is 21.4 Å². The quantitative estimate of drug-likeness (QED) is 0.273. The molecule has 0 bridgehead atoms. The van der Waals surface area contributed by atoms with Crippen LogP contribution < -0.4 is 4.74 Å². The minimum absolute atomic E-state index is 0.408. The molecule has 1 aromatic heterocycles. The first-order valence-electron chi connectivity index (χ1n) is 9.11. The van der Waals surface area contributed by atoms with Gasteiger partial charge in [-0.05, 0) is 28.1 Å². The van der Waals surface area contributed by atoms with Crippen LogP contribution in [0.1, 0.15) is 0 Å². The molecule has 0 aliphatic carbocycles. The van der Waals surface area contributed by atoms with Gasteiger partial charge >= 0.3 is 0 Å². The Hall–Kier alpha value is -2.63. The summed E-state index contributed by atoms with van der Waals surface area (Å²) in [5.74, 6) is 1.46. The van der Waals surface area contributed by atoms with Crippen LogP contribution >= 0.6 is 31.9 Å². The lowest BCUT2D eigenvalue weighted by atomic mass is 10.1. The van der Waals surface area contributed by atoms with E-state index in [1.54, 1.807) is 6.08 Å². The molecule has 5 heteroatoms. The number of ether oxygens (including phenoxy) is 1. The van der Waals surface area contributed by atoms with Gasteiger partial charge in [-0.25, -0.2) is 4.98 Å². The molecule has 0 amide bonds. The van der Waals surface area contributed by atoms with E-state index in [1.165, 1.54) is 0 Å². The Morgan fingerprint density at radius 1 is 0.931 bits per heavy atom. The summed E-state index contributed by atoms with van der Waals surface area (Å²) in [7, 11) is 0. The van der Waals surface area contributed by atoms with E-state index in [-0.39, 0.29) is 0 Å². The van der Waals surface area contributed by atoms with Crippen molar-refractivity contribution in [2.24, 2.45) is 0 Å². The lowest BCUT2D eigenvalue weighted by molar-refractivity contribution is 0.362. The van der Waals surface area contributed by atoms with Gasteiger partial charge in [-0.3, -0.25) is 0 Å². The number of imidazole rings is 1. The summed E-state index contributed by atoms with van der Waals surface area (Å²) in [6.45, 7) is 4.16. The molecule has 0 radical (unpaired) electrons. The van der Waals surface area contributed by atoms with Crippen molar-refractivity contribution in [1.29, 1.82) is 0 Å². The number of aromatic nitrogens is 2. The molecule has 0 spiro atoms. The minimum atomic E-state index is 0.408. The van der Waals surface area contributed by atoms with E-state index < -0.39 is 0 Å². The van der Waals surface area contributed by atoms with Crippen molar-refractivity contribution in [2.45, 2.75) is 0 Å². The molecule has 4 aromatic rings. The second kappa shape index (κ2) is 8.80. The number of nitrogens with zero attached hydrogens (tertiary/aromatic N) is 1. The van der Waals surface area contributed by atoms with E-state index in [9.17, 15) is 0 Å². The second-order valence-electron chi connectivity index (χ2n) is 6.41. The van der Waals surface area contributed by atoms with Crippen molar-refractivity contribution >= 4 is 31.9 Å². The summed E-state index contributed by atoms with van der Waals surface area (Å²) in [5, 5.41) is 0. The van der Waals surface area contributed by atoms with Crippen LogP contribution in [0.3, 0.4) is 0 Å². The molecule has 144 valence electrons. The molecule has 0 fully saturated rings. The van der Waals surface area contributed by atoms with Crippen LogP contribution in [-0.4, -0.2) is 16.6 Å². The number of halogens is 2. The second-order valence-corrected chi connectivity index (χ2v) is 8.18. The van der Waals surface area contributed by atoms with E-state index in [0.717, 1.165) is 48.6 Å². The predicted molar refractivity (Wildman–Crippen MR) is 126 cm³/mol. The highest BCUT2D eigenvalue weighted by Gasteiger charge is 2.19. The van der Waals surface area contributed by atoms with Crippen molar-refractivity contribution < 1.29 is 4.74 Å². The maximum Gasteiger partial charge on any atom is 0.144 e. The number of benzene rings is 3. The van der Waals surface area contributed by atoms with Crippen LogP contribution in [0.4, 0.5) is 0 Å². The molecule has 1 N–H and O–H groups in total. The molecule has 3 nitrogen and oxygen atoms in total. The summed E-state index contributed by atoms with van der Waals surface area (Å²) in [4.78, 5) is 8.50. The number of hydrogen-bond acceptors (Lipinski definition) is 2. The zero-order chi connectivity index (χ0) is 20.2. The Kier molecular flexibility index (Phi) is 5.97. The molecule has 1 heterocycles. The molecular formula is C24H18Br2N2O. The first kappa shape index (κ1) is 19.7. The molecule has 29 heavy (non-hydrogen) atoms. The van der Waals surface area contributed by atoms with Crippen molar-refractivity contribution in [2.75, 3.05) is 6.61 Å². The predicted octanol–water partition coefficient (Wildman–Crippen LogP) is 7.50. The van der Waals surface area contributed by atoms with Crippen molar-refractivity contribution in [1.82, 2.24) is 9.97 Å². The molecule has 0 unspecified atom stereocenters. The highest BCUT2D eigenvalue weighted by atomic mass is 79.9. The van der Waals surface area contributed by atoms with Crippen LogP contribution in [0, 0.1) is 0 Å². The van der Waals surface area contributed by atoms with Crippen molar-refractivity contribution in [3.63, 3.8) is 0 Å². The van der Waals surface area contributed by atoms with Crippen LogP contribution in [0.5, 0.6) is 5.75 Å². The molecular weight excluding hydrogens is 492 g/mol. The minimum Gasteiger partial charge on any atom is -0.488 e. The monoisotopic (exact) mass is 508 g/mol. The zero-order valence-corrected chi connectivity index (χ0v) is 18.7. The Bertz CT molecular complexity index is 1080. The fourth-order valence-corrected chi connectivity index (χ4v) is 4.48. The topological polar surface area (TPSA) is 37.9 Å². The van der Waals surface area contributed by atoms with Crippen LogP contribution in [-0.2, 0) is 0 Å². The average Bonchev–Trinajstić information content (AvgIpc) is 3.19. The van der Waals surface area contributed by atoms with Crippen LogP contribution in [0.25, 0.3) is 33.9 Å². The molecule has 0 aliphatic rings. The zero-order valence-electron chi connectivity index (χ0n) is 15.5. The van der Waals surface area contributed by atoms with Crippen LogP contribution in [0.2, 0.25) is 0 Å². The maximum absolute atomic E-state index is 5.94. The highest BCUT2D eigenvalue weighted by Crippen LogP contribution is 2.41. The third-order valence-corrected chi connectivity index (χ3v) is 5.47. The van der Waals surface area contributed by atoms with E-state index >= 15 is 0 Å². The van der Waals surface area contributed by atoms with Gasteiger partial charge in [0.25, 0.3) is 0 Å². The van der Waals surface area contributed by atoms with E-state index in [1.807, 2.05) is 48.5 Å². The van der Waals surface area contributed by atoms with Crippen LogP contribution in [0.15, 0.2) is 94.4 Å². The smallest absolute Gasteiger partial charge is 0.144 e. The summed E-state index contributed by atoms with van der Waals surface area (Å²) in [5.41, 5.74) is 4.87. The fourth-order valence-electron chi connectivity index (χ4n) is 3.14. The lowest BCUT2D eigenvalue weighted by Gasteiger charge is -2.11. The average molecular weight is 510 g/mol. The molecule has 0 saturated heterocycles. The highest BCUT2D eigenvalue weighted by molar-refractivity contribution is 9.11. The van der Waals surface area contributed by atoms with Gasteiger partial charge in [-0.1, -0.05) is 89.2 Å². The van der Waals surface area contributed by atoms with Gasteiger partial charge < -0.3 is 9.72 Å². The molecule has 0 atom stereocenters. The molecule has 3 aromatic carbocycles. The number of nitrogens with one attached hydrogen (secondary N) is 1. The molecule has 0 saturated carbocycles. The van der Waals surface area contributed by atoms with E-state index in [4.69, 9.17) is 9.72 Å². The van der Waals surface area contributed by atoms with Gasteiger partial charge in [0.1, 0.15) is 18.2 Å². The SMILES string of the molecule is C=CCOc1c(Br)cc(Br)cc1-c1nc(-c2ccccc2)c(-c2ccccc2)[nH]1. The first-order chi connectivity index (χ1) is 14.2.